The van der Waals surface area contributed by atoms with Gasteiger partial charge in [0.1, 0.15) is 5.82 Å². The Morgan fingerprint density at radius 3 is 3.11 bits per heavy atom. The van der Waals surface area contributed by atoms with Crippen LogP contribution >= 0.6 is 27.7 Å². The third kappa shape index (κ3) is 3.92. The molecule has 1 aromatic carbocycles. The number of halogens is 2. The number of hydrogen-bond donors (Lipinski definition) is 2. The minimum Gasteiger partial charge on any atom is -0.300 e. The van der Waals surface area contributed by atoms with Crippen molar-refractivity contribution >= 4 is 27.7 Å². The maximum absolute atomic E-state index is 13.8. The summed E-state index contributed by atoms with van der Waals surface area (Å²) in [5.74, 6) is 7.69. The lowest BCUT2D eigenvalue weighted by molar-refractivity contribution is 0.213. The highest BCUT2D eigenvalue weighted by molar-refractivity contribution is 9.10. The topological polar surface area (TPSA) is 41.3 Å². The van der Waals surface area contributed by atoms with E-state index in [1.165, 1.54) is 6.07 Å². The Morgan fingerprint density at radius 2 is 2.42 bits per heavy atom. The minimum absolute atomic E-state index is 0.0570. The van der Waals surface area contributed by atoms with Crippen LogP contribution in [0.25, 0.3) is 0 Å². The number of rotatable bonds is 4. The van der Waals surface area contributed by atoms with Gasteiger partial charge in [-0.25, -0.2) is 4.39 Å². The van der Waals surface area contributed by atoms with Crippen LogP contribution in [0.5, 0.6) is 0 Å². The smallest absolute Gasteiger partial charge is 0.126 e. The molecular weight excluding hydrogens is 329 g/mol. The van der Waals surface area contributed by atoms with Gasteiger partial charge in [0.2, 0.25) is 0 Å². The van der Waals surface area contributed by atoms with Gasteiger partial charge in [-0.05, 0) is 37.2 Å². The van der Waals surface area contributed by atoms with Crippen LogP contribution in [0.2, 0.25) is 0 Å². The SMILES string of the molecule is CN1CCSCC1C(Cc1cc(Br)ccc1F)NN. The lowest BCUT2D eigenvalue weighted by Crippen LogP contribution is -2.55. The molecule has 0 bridgehead atoms. The fraction of sp³-hybridized carbons (Fsp3) is 0.538. The molecule has 1 aliphatic heterocycles. The first kappa shape index (κ1) is 15.3. The molecule has 19 heavy (non-hydrogen) atoms. The second kappa shape index (κ2) is 7.04. The van der Waals surface area contributed by atoms with Gasteiger partial charge < -0.3 is 4.90 Å². The van der Waals surface area contributed by atoms with Crippen molar-refractivity contribution < 1.29 is 4.39 Å². The molecule has 2 atom stereocenters. The molecule has 1 saturated heterocycles. The number of nitrogens with zero attached hydrogens (tertiary/aromatic N) is 1. The monoisotopic (exact) mass is 347 g/mol. The van der Waals surface area contributed by atoms with E-state index in [9.17, 15) is 4.39 Å². The number of nitrogens with two attached hydrogens (primary N) is 1. The number of hydrazine groups is 1. The van der Waals surface area contributed by atoms with Gasteiger partial charge in [0.15, 0.2) is 0 Å². The van der Waals surface area contributed by atoms with Crippen LogP contribution in [-0.4, -0.2) is 42.1 Å². The van der Waals surface area contributed by atoms with Crippen molar-refractivity contribution in [3.63, 3.8) is 0 Å². The van der Waals surface area contributed by atoms with Crippen LogP contribution in [0.1, 0.15) is 5.56 Å². The van der Waals surface area contributed by atoms with Crippen molar-refractivity contribution in [2.24, 2.45) is 5.84 Å². The summed E-state index contributed by atoms with van der Waals surface area (Å²) in [4.78, 5) is 2.30. The van der Waals surface area contributed by atoms with E-state index in [0.29, 0.717) is 18.0 Å². The van der Waals surface area contributed by atoms with E-state index in [-0.39, 0.29) is 11.9 Å². The molecule has 0 aromatic heterocycles. The van der Waals surface area contributed by atoms with Crippen LogP contribution in [-0.2, 0) is 6.42 Å². The molecule has 1 aromatic rings. The van der Waals surface area contributed by atoms with Gasteiger partial charge in [-0.2, -0.15) is 11.8 Å². The number of benzene rings is 1. The summed E-state index contributed by atoms with van der Waals surface area (Å²) in [6.07, 6.45) is 0.595. The Labute approximate surface area is 126 Å². The third-order valence-corrected chi connectivity index (χ3v) is 5.11. The average Bonchev–Trinajstić information content (AvgIpc) is 2.41. The Morgan fingerprint density at radius 1 is 1.63 bits per heavy atom. The standard InChI is InChI=1S/C13H19BrFN3S/c1-18-4-5-19-8-13(18)12(17-16)7-9-6-10(14)2-3-11(9)15/h2-3,6,12-13,17H,4-5,7-8,16H2,1H3. The van der Waals surface area contributed by atoms with Gasteiger partial charge in [0.25, 0.3) is 0 Å². The van der Waals surface area contributed by atoms with Crippen LogP contribution in [0.3, 0.4) is 0 Å². The first-order chi connectivity index (χ1) is 9.11. The highest BCUT2D eigenvalue weighted by Gasteiger charge is 2.28. The summed E-state index contributed by atoms with van der Waals surface area (Å²) in [7, 11) is 2.10. The Kier molecular flexibility index (Phi) is 5.65. The first-order valence-electron chi connectivity index (χ1n) is 6.30. The molecule has 0 amide bonds. The zero-order chi connectivity index (χ0) is 13.8. The minimum atomic E-state index is -0.172. The van der Waals surface area contributed by atoms with Gasteiger partial charge in [0, 0.05) is 34.6 Å². The second-order valence-corrected chi connectivity index (χ2v) is 6.90. The molecule has 1 fully saturated rings. The van der Waals surface area contributed by atoms with E-state index in [2.05, 4.69) is 33.3 Å². The number of likely N-dealkylation sites (N-methyl/N-ethyl adjacent to an activating group) is 1. The van der Waals surface area contributed by atoms with E-state index < -0.39 is 0 Å². The van der Waals surface area contributed by atoms with Gasteiger partial charge >= 0.3 is 0 Å². The summed E-state index contributed by atoms with van der Waals surface area (Å²) >= 11 is 5.31. The lowest BCUT2D eigenvalue weighted by Gasteiger charge is -2.37. The first-order valence-corrected chi connectivity index (χ1v) is 8.24. The quantitative estimate of drug-likeness (QED) is 0.645. The summed E-state index contributed by atoms with van der Waals surface area (Å²) in [5.41, 5.74) is 3.56. The fourth-order valence-electron chi connectivity index (χ4n) is 2.37. The largest absolute Gasteiger partial charge is 0.300 e. The van der Waals surface area contributed by atoms with Crippen molar-refractivity contribution in [2.75, 3.05) is 25.1 Å². The molecule has 2 unspecified atom stereocenters. The average molecular weight is 348 g/mol. The molecule has 0 spiro atoms. The van der Waals surface area contributed by atoms with Gasteiger partial charge in [0.05, 0.1) is 0 Å². The number of hydrogen-bond acceptors (Lipinski definition) is 4. The molecule has 2 rings (SSSR count). The molecule has 3 nitrogen and oxygen atoms in total. The zero-order valence-electron chi connectivity index (χ0n) is 10.9. The molecule has 0 saturated carbocycles. The van der Waals surface area contributed by atoms with E-state index in [1.807, 2.05) is 17.8 Å². The highest BCUT2D eigenvalue weighted by atomic mass is 79.9. The predicted molar refractivity (Wildman–Crippen MR) is 82.7 cm³/mol. The van der Waals surface area contributed by atoms with Crippen LogP contribution in [0.15, 0.2) is 22.7 Å². The molecule has 6 heteroatoms. The number of thioether (sulfide) groups is 1. The summed E-state index contributed by atoms with van der Waals surface area (Å²) < 4.78 is 14.7. The summed E-state index contributed by atoms with van der Waals surface area (Å²) in [6.45, 7) is 1.05. The molecule has 0 radical (unpaired) electrons. The Bertz CT molecular complexity index is 432. The molecule has 106 valence electrons. The molecule has 1 heterocycles. The molecule has 3 N–H and O–H groups in total. The Balaban J connectivity index is 2.11. The van der Waals surface area contributed by atoms with Crippen LogP contribution in [0, 0.1) is 5.82 Å². The normalized spacial score (nSPS) is 22.4. The fourth-order valence-corrected chi connectivity index (χ4v) is 4.09. The zero-order valence-corrected chi connectivity index (χ0v) is 13.3. The lowest BCUT2D eigenvalue weighted by atomic mass is 9.99. The molecular formula is C13H19BrFN3S. The third-order valence-electron chi connectivity index (χ3n) is 3.57. The van der Waals surface area contributed by atoms with Gasteiger partial charge in [-0.15, -0.1) is 0 Å². The van der Waals surface area contributed by atoms with Gasteiger partial charge in [-0.1, -0.05) is 15.9 Å². The van der Waals surface area contributed by atoms with E-state index in [4.69, 9.17) is 5.84 Å². The highest BCUT2D eigenvalue weighted by Crippen LogP contribution is 2.22. The summed E-state index contributed by atoms with van der Waals surface area (Å²) in [5, 5.41) is 0. The maximum Gasteiger partial charge on any atom is 0.126 e. The van der Waals surface area contributed by atoms with Crippen molar-refractivity contribution in [3.8, 4) is 0 Å². The van der Waals surface area contributed by atoms with Gasteiger partial charge in [-0.3, -0.25) is 11.3 Å². The van der Waals surface area contributed by atoms with Crippen LogP contribution < -0.4 is 11.3 Å². The van der Waals surface area contributed by atoms with Crippen molar-refractivity contribution in [2.45, 2.75) is 18.5 Å². The van der Waals surface area contributed by atoms with E-state index in [1.54, 1.807) is 6.07 Å². The Hall–Kier alpha value is -0.140. The van der Waals surface area contributed by atoms with Crippen molar-refractivity contribution in [1.82, 2.24) is 10.3 Å². The van der Waals surface area contributed by atoms with Crippen molar-refractivity contribution in [3.05, 3.63) is 34.1 Å². The van der Waals surface area contributed by atoms with Crippen LogP contribution in [0.4, 0.5) is 4.39 Å². The molecule has 1 aliphatic rings. The predicted octanol–water partition coefficient (Wildman–Crippen LogP) is 2.01. The number of nitrogens with one attached hydrogen (secondary N) is 1. The van der Waals surface area contributed by atoms with E-state index >= 15 is 0 Å². The van der Waals surface area contributed by atoms with E-state index in [0.717, 1.165) is 22.5 Å². The second-order valence-electron chi connectivity index (χ2n) is 4.84. The summed E-state index contributed by atoms with van der Waals surface area (Å²) in [6, 6.07) is 5.43. The van der Waals surface area contributed by atoms with Crippen molar-refractivity contribution in [1.29, 1.82) is 0 Å². The molecule has 0 aliphatic carbocycles. The maximum atomic E-state index is 13.8.